The molecule has 0 bridgehead atoms. The summed E-state index contributed by atoms with van der Waals surface area (Å²) in [6, 6.07) is 14.2. The fourth-order valence-electron chi connectivity index (χ4n) is 1.98. The largest absolute Gasteiger partial charge is 0.303 e. The molecule has 0 spiro atoms. The fourth-order valence-corrected chi connectivity index (χ4v) is 2.71. The van der Waals surface area contributed by atoms with Gasteiger partial charge in [-0.15, -0.1) is 11.3 Å². The Bertz CT molecular complexity index is 727. The lowest BCUT2D eigenvalue weighted by Crippen LogP contribution is -2.01. The lowest BCUT2D eigenvalue weighted by atomic mass is 10.2. The van der Waals surface area contributed by atoms with E-state index in [4.69, 9.17) is 5.10 Å². The number of thiophene rings is 1. The maximum absolute atomic E-state index is 4.72. The van der Waals surface area contributed by atoms with E-state index < -0.39 is 0 Å². The van der Waals surface area contributed by atoms with Crippen molar-refractivity contribution in [3.05, 3.63) is 59.6 Å². The molecule has 0 aliphatic rings. The lowest BCUT2D eigenvalue weighted by Gasteiger charge is -2.01. The van der Waals surface area contributed by atoms with Gasteiger partial charge in [0.25, 0.3) is 0 Å². The molecule has 2 heterocycles. The Morgan fingerprint density at radius 1 is 1.14 bits per heavy atom. The summed E-state index contributed by atoms with van der Waals surface area (Å²) in [7, 11) is 3.81. The second kappa shape index (κ2) is 5.93. The van der Waals surface area contributed by atoms with Gasteiger partial charge in [0, 0.05) is 25.9 Å². The minimum absolute atomic E-state index is 0.958. The van der Waals surface area contributed by atoms with E-state index in [-0.39, 0.29) is 0 Å². The van der Waals surface area contributed by atoms with E-state index in [9.17, 15) is 0 Å². The van der Waals surface area contributed by atoms with Crippen molar-refractivity contribution in [3.8, 4) is 16.3 Å². The number of hydrazone groups is 1. The summed E-state index contributed by atoms with van der Waals surface area (Å²) in [5.74, 6) is 0. The van der Waals surface area contributed by atoms with Crippen LogP contribution in [0.15, 0.2) is 59.1 Å². The van der Waals surface area contributed by atoms with Crippen LogP contribution in [0.1, 0.15) is 5.56 Å². The van der Waals surface area contributed by atoms with Gasteiger partial charge < -0.3 is 5.01 Å². The van der Waals surface area contributed by atoms with Crippen molar-refractivity contribution in [2.75, 3.05) is 14.1 Å². The quantitative estimate of drug-likeness (QED) is 0.545. The molecule has 0 saturated carbocycles. The zero-order valence-electron chi connectivity index (χ0n) is 12.0. The van der Waals surface area contributed by atoms with E-state index in [1.807, 2.05) is 67.6 Å². The highest BCUT2D eigenvalue weighted by Gasteiger charge is 2.11. The fraction of sp³-hybridized carbons (Fsp3) is 0.125. The molecule has 0 fully saturated rings. The minimum Gasteiger partial charge on any atom is -0.303 e. The molecule has 3 rings (SSSR count). The van der Waals surface area contributed by atoms with Crippen molar-refractivity contribution in [3.63, 3.8) is 0 Å². The first kappa shape index (κ1) is 13.6. The zero-order chi connectivity index (χ0) is 14.7. The molecule has 3 aromatic rings. The third-order valence-corrected chi connectivity index (χ3v) is 3.82. The SMILES string of the molecule is CN(C)/N=C/c1cn(-c2ccccc2)nc1-c1cccs1. The molecule has 4 nitrogen and oxygen atoms in total. The minimum atomic E-state index is 0.958. The van der Waals surface area contributed by atoms with E-state index in [0.717, 1.165) is 21.8 Å². The van der Waals surface area contributed by atoms with Crippen LogP contribution in [0, 0.1) is 0 Å². The Labute approximate surface area is 128 Å². The number of aromatic nitrogens is 2. The first-order valence-electron chi connectivity index (χ1n) is 6.64. The van der Waals surface area contributed by atoms with Gasteiger partial charge in [0.2, 0.25) is 0 Å². The third-order valence-electron chi connectivity index (χ3n) is 2.95. The Morgan fingerprint density at radius 3 is 2.62 bits per heavy atom. The maximum Gasteiger partial charge on any atom is 0.112 e. The van der Waals surface area contributed by atoms with Crippen LogP contribution in [0.4, 0.5) is 0 Å². The van der Waals surface area contributed by atoms with Gasteiger partial charge in [-0.05, 0) is 23.6 Å². The molecule has 0 N–H and O–H groups in total. The second-order valence-electron chi connectivity index (χ2n) is 4.78. The van der Waals surface area contributed by atoms with Gasteiger partial charge in [0.15, 0.2) is 0 Å². The number of benzene rings is 1. The molecule has 5 heteroatoms. The summed E-state index contributed by atoms with van der Waals surface area (Å²) >= 11 is 1.68. The molecule has 0 aliphatic heterocycles. The van der Waals surface area contributed by atoms with Crippen molar-refractivity contribution in [2.45, 2.75) is 0 Å². The van der Waals surface area contributed by atoms with Crippen LogP contribution >= 0.6 is 11.3 Å². The summed E-state index contributed by atoms with van der Waals surface area (Å²) in [6.07, 6.45) is 3.86. The van der Waals surface area contributed by atoms with Crippen LogP contribution in [-0.4, -0.2) is 35.1 Å². The van der Waals surface area contributed by atoms with Crippen LogP contribution in [0.25, 0.3) is 16.3 Å². The Hall–Kier alpha value is -2.40. The van der Waals surface area contributed by atoms with Crippen molar-refractivity contribution in [2.24, 2.45) is 5.10 Å². The van der Waals surface area contributed by atoms with Gasteiger partial charge in [-0.2, -0.15) is 10.2 Å². The average molecular weight is 296 g/mol. The Balaban J connectivity index is 2.07. The van der Waals surface area contributed by atoms with E-state index in [1.54, 1.807) is 16.3 Å². The van der Waals surface area contributed by atoms with Crippen molar-refractivity contribution in [1.82, 2.24) is 14.8 Å². The molecule has 21 heavy (non-hydrogen) atoms. The van der Waals surface area contributed by atoms with Gasteiger partial charge >= 0.3 is 0 Å². The molecular weight excluding hydrogens is 280 g/mol. The summed E-state index contributed by atoms with van der Waals surface area (Å²) in [6.45, 7) is 0. The number of para-hydroxylation sites is 1. The average Bonchev–Trinajstić information content (AvgIpc) is 3.15. The molecule has 0 unspecified atom stereocenters. The highest BCUT2D eigenvalue weighted by molar-refractivity contribution is 7.13. The molecule has 1 aromatic carbocycles. The van der Waals surface area contributed by atoms with Crippen LogP contribution in [0.2, 0.25) is 0 Å². The van der Waals surface area contributed by atoms with Crippen LogP contribution < -0.4 is 0 Å². The van der Waals surface area contributed by atoms with E-state index in [1.165, 1.54) is 0 Å². The van der Waals surface area contributed by atoms with Crippen LogP contribution in [0.5, 0.6) is 0 Å². The summed E-state index contributed by atoms with van der Waals surface area (Å²) < 4.78 is 1.89. The molecule has 0 amide bonds. The summed E-state index contributed by atoms with van der Waals surface area (Å²) in [5, 5.41) is 12.9. The van der Waals surface area contributed by atoms with Gasteiger partial charge in [-0.25, -0.2) is 4.68 Å². The van der Waals surface area contributed by atoms with Gasteiger partial charge in [0.05, 0.1) is 16.8 Å². The van der Waals surface area contributed by atoms with Gasteiger partial charge in [-0.3, -0.25) is 0 Å². The van der Waals surface area contributed by atoms with E-state index in [2.05, 4.69) is 16.5 Å². The molecule has 0 atom stereocenters. The highest BCUT2D eigenvalue weighted by Crippen LogP contribution is 2.26. The standard InChI is InChI=1S/C16H16N4S/c1-19(2)17-11-13-12-20(14-7-4-3-5-8-14)18-16(13)15-9-6-10-21-15/h3-12H,1-2H3/b17-11+. The predicted molar refractivity (Wildman–Crippen MR) is 88.2 cm³/mol. The molecule has 0 radical (unpaired) electrons. The molecular formula is C16H16N4S. The summed E-state index contributed by atoms with van der Waals surface area (Å²) in [5.41, 5.74) is 3.01. The number of rotatable bonds is 4. The molecule has 2 aromatic heterocycles. The number of hydrogen-bond acceptors (Lipinski definition) is 4. The predicted octanol–water partition coefficient (Wildman–Crippen LogP) is 3.50. The smallest absolute Gasteiger partial charge is 0.112 e. The molecule has 106 valence electrons. The zero-order valence-corrected chi connectivity index (χ0v) is 12.8. The number of nitrogens with zero attached hydrogens (tertiary/aromatic N) is 4. The van der Waals surface area contributed by atoms with Crippen LogP contribution in [0.3, 0.4) is 0 Å². The first-order chi connectivity index (χ1) is 10.2. The van der Waals surface area contributed by atoms with E-state index in [0.29, 0.717) is 0 Å². The highest BCUT2D eigenvalue weighted by atomic mass is 32.1. The second-order valence-corrected chi connectivity index (χ2v) is 5.73. The Morgan fingerprint density at radius 2 is 1.95 bits per heavy atom. The van der Waals surface area contributed by atoms with Crippen LogP contribution in [-0.2, 0) is 0 Å². The monoisotopic (exact) mass is 296 g/mol. The maximum atomic E-state index is 4.72. The van der Waals surface area contributed by atoms with E-state index >= 15 is 0 Å². The van der Waals surface area contributed by atoms with Crippen molar-refractivity contribution < 1.29 is 0 Å². The first-order valence-corrected chi connectivity index (χ1v) is 7.52. The lowest BCUT2D eigenvalue weighted by molar-refractivity contribution is 0.440. The molecule has 0 aliphatic carbocycles. The normalized spacial score (nSPS) is 11.1. The topological polar surface area (TPSA) is 33.4 Å². The number of hydrogen-bond donors (Lipinski definition) is 0. The van der Waals surface area contributed by atoms with Gasteiger partial charge in [-0.1, -0.05) is 24.3 Å². The molecule has 0 saturated heterocycles. The third kappa shape index (κ3) is 3.03. The van der Waals surface area contributed by atoms with Gasteiger partial charge in [0.1, 0.15) is 5.69 Å². The van der Waals surface area contributed by atoms with Crippen molar-refractivity contribution >= 4 is 17.6 Å². The van der Waals surface area contributed by atoms with Crippen molar-refractivity contribution in [1.29, 1.82) is 0 Å². The Kier molecular flexibility index (Phi) is 3.83. The summed E-state index contributed by atoms with van der Waals surface area (Å²) in [4.78, 5) is 1.14.